The molecule has 2 aromatic rings. The van der Waals surface area contributed by atoms with Crippen molar-refractivity contribution in [3.05, 3.63) is 71.8 Å². The molecule has 41 heavy (non-hydrogen) atoms. The van der Waals surface area contributed by atoms with Gasteiger partial charge in [0.05, 0.1) is 6.04 Å². The Kier molecular flexibility index (Phi) is 10.5. The first-order valence-corrected chi connectivity index (χ1v) is 16.4. The first-order valence-electron chi connectivity index (χ1n) is 14.7. The summed E-state index contributed by atoms with van der Waals surface area (Å²) in [5.74, 6) is -1.31. The van der Waals surface area contributed by atoms with Gasteiger partial charge in [0.15, 0.2) is 5.78 Å². The molecule has 0 radical (unpaired) electrons. The third-order valence-electron chi connectivity index (χ3n) is 8.59. The van der Waals surface area contributed by atoms with E-state index in [-0.39, 0.29) is 48.0 Å². The molecule has 222 valence electrons. The minimum atomic E-state index is -2.88. The molecular formula is C33H41F2NO4S. The van der Waals surface area contributed by atoms with E-state index < -0.39 is 16.7 Å². The van der Waals surface area contributed by atoms with Crippen LogP contribution in [0.1, 0.15) is 81.0 Å². The molecule has 0 spiro atoms. The highest BCUT2D eigenvalue weighted by molar-refractivity contribution is 7.84. The number of alkyl halides is 2. The second-order valence-electron chi connectivity index (χ2n) is 11.3. The predicted octanol–water partition coefficient (Wildman–Crippen LogP) is 7.52. The molecule has 0 aromatic heterocycles. The van der Waals surface area contributed by atoms with E-state index in [1.165, 1.54) is 25.1 Å². The summed E-state index contributed by atoms with van der Waals surface area (Å²) in [6, 6.07) is 11.6. The fraction of sp³-hybridized carbons (Fsp3) is 0.515. The molecule has 4 atom stereocenters. The number of fused-ring (bicyclic) bond motifs is 1. The second kappa shape index (κ2) is 13.9. The molecule has 2 aliphatic rings. The summed E-state index contributed by atoms with van der Waals surface area (Å²) in [5.41, 5.74) is 2.15. The molecule has 1 amide bonds. The van der Waals surface area contributed by atoms with Crippen LogP contribution in [0.25, 0.3) is 0 Å². The van der Waals surface area contributed by atoms with Crippen molar-refractivity contribution in [2.75, 3.05) is 18.6 Å². The number of carbonyl (C=O) groups excluding carboxylic acids is 2. The normalized spacial score (nSPS) is 22.1. The lowest BCUT2D eigenvalue weighted by atomic mass is 9.76. The lowest BCUT2D eigenvalue weighted by Gasteiger charge is -2.43. The molecule has 0 bridgehead atoms. The Morgan fingerprint density at radius 1 is 1.07 bits per heavy atom. The first kappa shape index (κ1) is 31.1. The third kappa shape index (κ3) is 7.70. The van der Waals surface area contributed by atoms with Crippen LogP contribution in [-0.2, 0) is 32.7 Å². The minimum absolute atomic E-state index is 0.00427. The predicted molar refractivity (Wildman–Crippen MR) is 159 cm³/mol. The Hall–Kier alpha value is -2.87. The summed E-state index contributed by atoms with van der Waals surface area (Å²) in [7, 11) is -1.06. The summed E-state index contributed by atoms with van der Waals surface area (Å²) in [6.07, 6.45) is 9.02. The van der Waals surface area contributed by atoms with Gasteiger partial charge in [0.25, 0.3) is 5.92 Å². The summed E-state index contributed by atoms with van der Waals surface area (Å²) < 4.78 is 46.1. The molecule has 0 saturated heterocycles. The van der Waals surface area contributed by atoms with Crippen LogP contribution in [-0.4, -0.2) is 39.4 Å². The highest BCUT2D eigenvalue weighted by Gasteiger charge is 2.37. The van der Waals surface area contributed by atoms with Crippen LogP contribution in [0.15, 0.2) is 55.1 Å². The molecule has 8 heteroatoms. The van der Waals surface area contributed by atoms with Crippen molar-refractivity contribution < 1.29 is 27.3 Å². The van der Waals surface area contributed by atoms with Crippen LogP contribution in [0.2, 0.25) is 0 Å². The smallest absolute Gasteiger partial charge is 0.273 e. The number of nitrogens with zero attached hydrogens (tertiary/aromatic N) is 1. The van der Waals surface area contributed by atoms with Gasteiger partial charge in [-0.15, -0.1) is 0 Å². The highest BCUT2D eigenvalue weighted by atomic mass is 32.2. The average molecular weight is 586 g/mol. The first-order chi connectivity index (χ1) is 19.6. The Morgan fingerprint density at radius 2 is 1.78 bits per heavy atom. The number of rotatable bonds is 10. The number of allylic oxidation sites excluding steroid dienone is 1. The number of amides is 1. The molecule has 1 aliphatic heterocycles. The van der Waals surface area contributed by atoms with E-state index in [4.69, 9.17) is 4.74 Å². The summed E-state index contributed by atoms with van der Waals surface area (Å²) >= 11 is 0. The molecule has 0 N–H and O–H groups in total. The Bertz CT molecular complexity index is 1260. The fourth-order valence-corrected chi connectivity index (χ4v) is 6.69. The van der Waals surface area contributed by atoms with E-state index >= 15 is 0 Å². The topological polar surface area (TPSA) is 63.7 Å². The van der Waals surface area contributed by atoms with Gasteiger partial charge in [-0.05, 0) is 91.6 Å². The zero-order valence-electron chi connectivity index (χ0n) is 24.1. The van der Waals surface area contributed by atoms with Gasteiger partial charge in [-0.3, -0.25) is 13.8 Å². The van der Waals surface area contributed by atoms with Crippen molar-refractivity contribution in [2.24, 2.45) is 11.8 Å². The zero-order valence-corrected chi connectivity index (χ0v) is 24.9. The van der Waals surface area contributed by atoms with Gasteiger partial charge in [-0.25, -0.2) is 8.78 Å². The van der Waals surface area contributed by atoms with Crippen molar-refractivity contribution in [2.45, 2.75) is 76.7 Å². The number of hydrogen-bond acceptors (Lipinski definition) is 4. The van der Waals surface area contributed by atoms with E-state index in [1.54, 1.807) is 18.4 Å². The van der Waals surface area contributed by atoms with Crippen molar-refractivity contribution in [3.63, 3.8) is 0 Å². The molecule has 3 unspecified atom stereocenters. The number of benzene rings is 2. The van der Waals surface area contributed by atoms with Gasteiger partial charge >= 0.3 is 0 Å². The Balaban J connectivity index is 1.64. The Labute approximate surface area is 244 Å². The van der Waals surface area contributed by atoms with Gasteiger partial charge < -0.3 is 9.64 Å². The molecule has 4 rings (SSSR count). The van der Waals surface area contributed by atoms with Crippen LogP contribution >= 0.6 is 0 Å². The fourth-order valence-electron chi connectivity index (χ4n) is 6.23. The standard InChI is InChI=1S/C33H41F2NO4S/c1-4-30(37)24-8-6-7-9-25(11-10-24)32-29-22-28(40-27-16-13-26(14-17-27)33(34,35)5-2)15-12-23(29)18-20-36(32)31(38)19-21-41(3)39/h4,12-17,22,24-25,32H,1,5-11,18-21H2,2-3H3/t24?,25?,32-,41?/m0/s1. The number of hydrogen-bond donors (Lipinski definition) is 0. The zero-order chi connectivity index (χ0) is 29.6. The quantitative estimate of drug-likeness (QED) is 0.271. The second-order valence-corrected chi connectivity index (χ2v) is 12.8. The number of halogens is 2. The van der Waals surface area contributed by atoms with Gasteiger partial charge in [0.1, 0.15) is 11.5 Å². The maximum absolute atomic E-state index is 14.1. The maximum atomic E-state index is 14.1. The SMILES string of the molecule is C=CC(=O)C1CCCCC([C@H]2c3cc(Oc4ccc(C(F)(F)CC)cc4)ccc3CCN2C(=O)CCS(C)=O)CC1. The van der Waals surface area contributed by atoms with Crippen molar-refractivity contribution in [3.8, 4) is 11.5 Å². The molecule has 1 heterocycles. The van der Waals surface area contributed by atoms with Crippen LogP contribution in [0.5, 0.6) is 11.5 Å². The lowest BCUT2D eigenvalue weighted by Crippen LogP contribution is -2.44. The molecule has 1 saturated carbocycles. The highest BCUT2D eigenvalue weighted by Crippen LogP contribution is 2.44. The van der Waals surface area contributed by atoms with E-state index in [0.717, 1.165) is 49.7 Å². The summed E-state index contributed by atoms with van der Waals surface area (Å²) in [4.78, 5) is 27.9. The molecule has 1 fully saturated rings. The average Bonchev–Trinajstić information content (AvgIpc) is 2.95. The molecular weight excluding hydrogens is 544 g/mol. The largest absolute Gasteiger partial charge is 0.457 e. The van der Waals surface area contributed by atoms with Crippen LogP contribution < -0.4 is 4.74 Å². The van der Waals surface area contributed by atoms with Crippen LogP contribution in [0.4, 0.5) is 8.78 Å². The molecule has 5 nitrogen and oxygen atoms in total. The summed E-state index contributed by atoms with van der Waals surface area (Å²) in [6.45, 7) is 5.73. The number of ether oxygens (including phenoxy) is 1. The minimum Gasteiger partial charge on any atom is -0.457 e. The maximum Gasteiger partial charge on any atom is 0.273 e. The molecule has 2 aromatic carbocycles. The van der Waals surface area contributed by atoms with E-state index in [0.29, 0.717) is 30.2 Å². The van der Waals surface area contributed by atoms with Gasteiger partial charge in [0.2, 0.25) is 5.91 Å². The van der Waals surface area contributed by atoms with Gasteiger partial charge in [0, 0.05) is 53.7 Å². The van der Waals surface area contributed by atoms with Crippen LogP contribution in [0, 0.1) is 11.8 Å². The van der Waals surface area contributed by atoms with Crippen molar-refractivity contribution >= 4 is 22.5 Å². The van der Waals surface area contributed by atoms with E-state index in [9.17, 15) is 22.6 Å². The Morgan fingerprint density at radius 3 is 2.46 bits per heavy atom. The van der Waals surface area contributed by atoms with Gasteiger partial charge in [-0.2, -0.15) is 0 Å². The number of ketones is 1. The van der Waals surface area contributed by atoms with Crippen LogP contribution in [0.3, 0.4) is 0 Å². The van der Waals surface area contributed by atoms with E-state index in [1.807, 2.05) is 23.1 Å². The van der Waals surface area contributed by atoms with Crippen molar-refractivity contribution in [1.82, 2.24) is 4.90 Å². The number of carbonyl (C=O) groups is 2. The monoisotopic (exact) mass is 585 g/mol. The van der Waals surface area contributed by atoms with E-state index in [2.05, 4.69) is 6.58 Å². The summed E-state index contributed by atoms with van der Waals surface area (Å²) in [5, 5.41) is 0. The van der Waals surface area contributed by atoms with Gasteiger partial charge in [-0.1, -0.05) is 32.4 Å². The lowest BCUT2D eigenvalue weighted by molar-refractivity contribution is -0.135. The molecule has 1 aliphatic carbocycles. The van der Waals surface area contributed by atoms with Crippen molar-refractivity contribution in [1.29, 1.82) is 0 Å². The third-order valence-corrected chi connectivity index (χ3v) is 9.37.